The lowest BCUT2D eigenvalue weighted by Crippen LogP contribution is -2.02. The smallest absolute Gasteiger partial charge is 0.213 e. The second-order valence-corrected chi connectivity index (χ2v) is 4.91. The van der Waals surface area contributed by atoms with Crippen LogP contribution in [0.15, 0.2) is 21.2 Å². The number of hydrogen-bond donors (Lipinski definition) is 1. The van der Waals surface area contributed by atoms with Crippen molar-refractivity contribution in [1.29, 1.82) is 0 Å². The molecule has 6 heteroatoms. The van der Waals surface area contributed by atoms with Gasteiger partial charge in [0.2, 0.25) is 5.89 Å². The van der Waals surface area contributed by atoms with Gasteiger partial charge in [-0.2, -0.15) is 0 Å². The number of aryl methyl sites for hydroxylation is 2. The van der Waals surface area contributed by atoms with Gasteiger partial charge < -0.3 is 9.73 Å². The molecule has 0 unspecified atom stereocenters. The Hall–Kier alpha value is -1.07. The predicted molar refractivity (Wildman–Crippen MR) is 70.3 cm³/mol. The van der Waals surface area contributed by atoms with Crippen molar-refractivity contribution in [2.45, 2.75) is 20.4 Å². The van der Waals surface area contributed by atoms with Gasteiger partial charge in [0.1, 0.15) is 11.6 Å². The van der Waals surface area contributed by atoms with Crippen LogP contribution in [0.25, 0.3) is 0 Å². The first-order valence-corrected chi connectivity index (χ1v) is 6.21. The number of halogens is 2. The summed E-state index contributed by atoms with van der Waals surface area (Å²) in [6.45, 7) is 4.26. The summed E-state index contributed by atoms with van der Waals surface area (Å²) in [6.07, 6.45) is 1.68. The SMILES string of the molecule is Cc1nc(CNc2ncc(Br)cc2Cl)oc1C. The van der Waals surface area contributed by atoms with Gasteiger partial charge in [-0.15, -0.1) is 0 Å². The fourth-order valence-electron chi connectivity index (χ4n) is 1.32. The highest BCUT2D eigenvalue weighted by atomic mass is 79.9. The molecule has 0 atom stereocenters. The summed E-state index contributed by atoms with van der Waals surface area (Å²) in [6, 6.07) is 1.78. The van der Waals surface area contributed by atoms with Gasteiger partial charge in [-0.3, -0.25) is 0 Å². The summed E-state index contributed by atoms with van der Waals surface area (Å²) < 4.78 is 6.29. The molecule has 0 bridgehead atoms. The third-order valence-electron chi connectivity index (χ3n) is 2.29. The van der Waals surface area contributed by atoms with E-state index in [0.29, 0.717) is 23.3 Å². The Labute approximate surface area is 113 Å². The third kappa shape index (κ3) is 2.98. The van der Waals surface area contributed by atoms with Crippen LogP contribution in [-0.4, -0.2) is 9.97 Å². The molecular weight excluding hydrogens is 305 g/mol. The molecule has 0 fully saturated rings. The van der Waals surface area contributed by atoms with Crippen molar-refractivity contribution in [2.24, 2.45) is 0 Å². The molecule has 0 saturated carbocycles. The molecule has 2 aromatic heterocycles. The molecule has 0 aliphatic heterocycles. The standard InChI is InChI=1S/C11H11BrClN3O/c1-6-7(2)17-10(16-6)5-15-11-9(13)3-8(12)4-14-11/h3-4H,5H2,1-2H3,(H,14,15). The lowest BCUT2D eigenvalue weighted by Gasteiger charge is -2.04. The molecule has 0 aliphatic carbocycles. The van der Waals surface area contributed by atoms with Crippen LogP contribution in [0.2, 0.25) is 5.02 Å². The van der Waals surface area contributed by atoms with E-state index >= 15 is 0 Å². The molecule has 2 heterocycles. The highest BCUT2D eigenvalue weighted by Crippen LogP contribution is 2.23. The van der Waals surface area contributed by atoms with Crippen molar-refractivity contribution in [2.75, 3.05) is 5.32 Å². The highest BCUT2D eigenvalue weighted by molar-refractivity contribution is 9.10. The van der Waals surface area contributed by atoms with Crippen molar-refractivity contribution in [1.82, 2.24) is 9.97 Å². The first kappa shape index (κ1) is 12.4. The second-order valence-electron chi connectivity index (χ2n) is 3.59. The summed E-state index contributed by atoms with van der Waals surface area (Å²) in [5.41, 5.74) is 0.900. The zero-order chi connectivity index (χ0) is 12.4. The van der Waals surface area contributed by atoms with Crippen LogP contribution in [0.3, 0.4) is 0 Å². The first-order valence-electron chi connectivity index (χ1n) is 5.04. The monoisotopic (exact) mass is 315 g/mol. The van der Waals surface area contributed by atoms with Crippen LogP contribution in [0.1, 0.15) is 17.3 Å². The van der Waals surface area contributed by atoms with E-state index in [1.165, 1.54) is 0 Å². The van der Waals surface area contributed by atoms with Crippen LogP contribution >= 0.6 is 27.5 Å². The quantitative estimate of drug-likeness (QED) is 0.937. The molecule has 90 valence electrons. The lowest BCUT2D eigenvalue weighted by molar-refractivity contribution is 0.478. The minimum absolute atomic E-state index is 0.461. The molecule has 0 amide bonds. The van der Waals surface area contributed by atoms with E-state index in [2.05, 4.69) is 31.2 Å². The first-order chi connectivity index (χ1) is 8.06. The number of nitrogens with zero attached hydrogens (tertiary/aromatic N) is 2. The maximum Gasteiger partial charge on any atom is 0.213 e. The van der Waals surface area contributed by atoms with Crippen molar-refractivity contribution < 1.29 is 4.42 Å². The summed E-state index contributed by atoms with van der Waals surface area (Å²) in [5.74, 6) is 2.07. The number of oxazole rings is 1. The molecule has 2 rings (SSSR count). The lowest BCUT2D eigenvalue weighted by atomic mass is 10.4. The van der Waals surface area contributed by atoms with Crippen LogP contribution < -0.4 is 5.32 Å². The van der Waals surface area contributed by atoms with E-state index in [0.717, 1.165) is 15.9 Å². The minimum atomic E-state index is 0.461. The summed E-state index contributed by atoms with van der Waals surface area (Å²) >= 11 is 9.33. The van der Waals surface area contributed by atoms with E-state index in [9.17, 15) is 0 Å². The topological polar surface area (TPSA) is 51.0 Å². The van der Waals surface area contributed by atoms with Gasteiger partial charge in [-0.1, -0.05) is 11.6 Å². The molecule has 2 aromatic rings. The molecular formula is C11H11BrClN3O. The van der Waals surface area contributed by atoms with Crippen molar-refractivity contribution in [3.8, 4) is 0 Å². The number of aromatic nitrogens is 2. The van der Waals surface area contributed by atoms with Crippen LogP contribution in [0.5, 0.6) is 0 Å². The van der Waals surface area contributed by atoms with E-state index in [4.69, 9.17) is 16.0 Å². The van der Waals surface area contributed by atoms with Crippen LogP contribution in [0, 0.1) is 13.8 Å². The Bertz CT molecular complexity index is 522. The van der Waals surface area contributed by atoms with Crippen LogP contribution in [0.4, 0.5) is 5.82 Å². The van der Waals surface area contributed by atoms with Crippen LogP contribution in [-0.2, 0) is 6.54 Å². The largest absolute Gasteiger partial charge is 0.444 e. The summed E-state index contributed by atoms with van der Waals surface area (Å²) in [7, 11) is 0. The maximum absolute atomic E-state index is 6.03. The average Bonchev–Trinajstić information content (AvgIpc) is 2.57. The molecule has 0 aromatic carbocycles. The Morgan fingerprint density at radius 3 is 2.82 bits per heavy atom. The highest BCUT2D eigenvalue weighted by Gasteiger charge is 2.07. The zero-order valence-corrected chi connectivity index (χ0v) is 11.8. The number of nitrogens with one attached hydrogen (secondary N) is 1. The Kier molecular flexibility index (Phi) is 3.69. The number of rotatable bonds is 3. The van der Waals surface area contributed by atoms with E-state index in [1.807, 2.05) is 13.8 Å². The third-order valence-corrected chi connectivity index (χ3v) is 3.01. The summed E-state index contributed by atoms with van der Waals surface area (Å²) in [4.78, 5) is 8.43. The molecule has 0 spiro atoms. The van der Waals surface area contributed by atoms with Crippen molar-refractivity contribution in [3.63, 3.8) is 0 Å². The van der Waals surface area contributed by atoms with Gasteiger partial charge in [0, 0.05) is 10.7 Å². The maximum atomic E-state index is 6.03. The Morgan fingerprint density at radius 2 is 2.24 bits per heavy atom. The molecule has 0 radical (unpaired) electrons. The molecule has 4 nitrogen and oxygen atoms in total. The fourth-order valence-corrected chi connectivity index (χ4v) is 2.02. The Morgan fingerprint density at radius 1 is 1.47 bits per heavy atom. The van der Waals surface area contributed by atoms with Crippen molar-refractivity contribution in [3.05, 3.63) is 39.1 Å². The van der Waals surface area contributed by atoms with Gasteiger partial charge in [0.15, 0.2) is 0 Å². The van der Waals surface area contributed by atoms with Gasteiger partial charge in [-0.05, 0) is 35.8 Å². The molecule has 1 N–H and O–H groups in total. The van der Waals surface area contributed by atoms with Gasteiger partial charge in [0.25, 0.3) is 0 Å². The Balaban J connectivity index is 2.07. The number of anilines is 1. The van der Waals surface area contributed by atoms with Gasteiger partial charge in [0.05, 0.1) is 17.3 Å². The predicted octanol–water partition coefficient (Wildman–Crippen LogP) is 3.71. The normalized spacial score (nSPS) is 10.6. The number of hydrogen-bond acceptors (Lipinski definition) is 4. The van der Waals surface area contributed by atoms with E-state index < -0.39 is 0 Å². The van der Waals surface area contributed by atoms with Gasteiger partial charge in [-0.25, -0.2) is 9.97 Å². The second kappa shape index (κ2) is 5.06. The molecule has 0 saturated heterocycles. The number of pyridine rings is 1. The average molecular weight is 317 g/mol. The summed E-state index contributed by atoms with van der Waals surface area (Å²) in [5, 5.41) is 3.63. The zero-order valence-electron chi connectivity index (χ0n) is 9.42. The van der Waals surface area contributed by atoms with E-state index in [-0.39, 0.29) is 0 Å². The minimum Gasteiger partial charge on any atom is -0.444 e. The fraction of sp³-hybridized carbons (Fsp3) is 0.273. The van der Waals surface area contributed by atoms with Gasteiger partial charge >= 0.3 is 0 Å². The molecule has 17 heavy (non-hydrogen) atoms. The van der Waals surface area contributed by atoms with E-state index in [1.54, 1.807) is 12.3 Å². The van der Waals surface area contributed by atoms with Crippen molar-refractivity contribution >= 4 is 33.3 Å². The molecule has 0 aliphatic rings.